The Hall–Kier alpha value is -1.03. The summed E-state index contributed by atoms with van der Waals surface area (Å²) in [4.78, 5) is 4.98. The van der Waals surface area contributed by atoms with Crippen LogP contribution in [0.2, 0.25) is 5.02 Å². The van der Waals surface area contributed by atoms with Gasteiger partial charge in [-0.15, -0.1) is 11.8 Å². The molecule has 0 fully saturated rings. The van der Waals surface area contributed by atoms with Crippen LogP contribution in [-0.4, -0.2) is 15.8 Å². The average molecular weight is 266 g/mol. The summed E-state index contributed by atoms with van der Waals surface area (Å²) in [5.41, 5.74) is 0.884. The molecule has 1 unspecified atom stereocenters. The highest BCUT2D eigenvalue weighted by Gasteiger charge is 2.07. The Kier molecular flexibility index (Phi) is 4.42. The van der Waals surface area contributed by atoms with Crippen LogP contribution in [0.15, 0.2) is 53.7 Å². The van der Waals surface area contributed by atoms with Crippen molar-refractivity contribution in [3.05, 3.63) is 59.4 Å². The van der Waals surface area contributed by atoms with E-state index in [0.29, 0.717) is 10.8 Å². The number of thioether (sulfide) groups is 1. The lowest BCUT2D eigenvalue weighted by Crippen LogP contribution is -2.00. The Morgan fingerprint density at radius 1 is 1.24 bits per heavy atom. The molecule has 0 amide bonds. The number of hydrogen-bond donors (Lipinski definition) is 1. The molecule has 1 aromatic heterocycles. The van der Waals surface area contributed by atoms with Crippen LogP contribution in [0.3, 0.4) is 0 Å². The van der Waals surface area contributed by atoms with Crippen molar-refractivity contribution in [1.82, 2.24) is 4.98 Å². The van der Waals surface area contributed by atoms with Crippen LogP contribution in [0.1, 0.15) is 11.7 Å². The third-order valence-electron chi connectivity index (χ3n) is 2.29. The number of aliphatic hydroxyl groups excluding tert-OH is 1. The summed E-state index contributed by atoms with van der Waals surface area (Å²) < 4.78 is 0. The van der Waals surface area contributed by atoms with Gasteiger partial charge in [-0.2, -0.15) is 0 Å². The molecule has 0 saturated carbocycles. The number of hydrogen-bond acceptors (Lipinski definition) is 3. The van der Waals surface area contributed by atoms with E-state index in [1.165, 1.54) is 0 Å². The molecule has 0 bridgehead atoms. The summed E-state index contributed by atoms with van der Waals surface area (Å²) in [6.07, 6.45) is 2.88. The SMILES string of the molecule is OC(CSc1cccc(Cl)c1)c1ccncc1. The fourth-order valence-electron chi connectivity index (χ4n) is 1.41. The molecule has 2 nitrogen and oxygen atoms in total. The number of benzene rings is 1. The lowest BCUT2D eigenvalue weighted by molar-refractivity contribution is 0.204. The van der Waals surface area contributed by atoms with Crippen LogP contribution in [0.25, 0.3) is 0 Å². The fourth-order valence-corrected chi connectivity index (χ4v) is 2.60. The van der Waals surface area contributed by atoms with Gasteiger partial charge in [-0.05, 0) is 35.9 Å². The van der Waals surface area contributed by atoms with Gasteiger partial charge in [0.1, 0.15) is 0 Å². The van der Waals surface area contributed by atoms with Crippen molar-refractivity contribution < 1.29 is 5.11 Å². The van der Waals surface area contributed by atoms with E-state index in [4.69, 9.17) is 11.6 Å². The predicted octanol–water partition coefficient (Wildman–Crippen LogP) is 3.56. The molecule has 2 rings (SSSR count). The molecule has 88 valence electrons. The number of rotatable bonds is 4. The van der Waals surface area contributed by atoms with E-state index in [1.807, 2.05) is 36.4 Å². The van der Waals surface area contributed by atoms with Crippen LogP contribution in [-0.2, 0) is 0 Å². The first kappa shape index (κ1) is 12.4. The monoisotopic (exact) mass is 265 g/mol. The molecule has 0 aliphatic rings. The second-order valence-corrected chi connectivity index (χ2v) is 5.09. The highest BCUT2D eigenvalue weighted by molar-refractivity contribution is 7.99. The molecule has 0 radical (unpaired) electrons. The lowest BCUT2D eigenvalue weighted by atomic mass is 10.2. The van der Waals surface area contributed by atoms with Crippen LogP contribution < -0.4 is 0 Å². The van der Waals surface area contributed by atoms with Crippen molar-refractivity contribution in [3.63, 3.8) is 0 Å². The Morgan fingerprint density at radius 2 is 2.00 bits per heavy atom. The lowest BCUT2D eigenvalue weighted by Gasteiger charge is -2.10. The Balaban J connectivity index is 1.95. The van der Waals surface area contributed by atoms with Crippen molar-refractivity contribution >= 4 is 23.4 Å². The Morgan fingerprint density at radius 3 is 2.71 bits per heavy atom. The highest BCUT2D eigenvalue weighted by Crippen LogP contribution is 2.26. The molecular weight excluding hydrogens is 254 g/mol. The second kappa shape index (κ2) is 6.05. The smallest absolute Gasteiger partial charge is 0.0885 e. The van der Waals surface area contributed by atoms with Gasteiger partial charge < -0.3 is 5.11 Å². The topological polar surface area (TPSA) is 33.1 Å². The quantitative estimate of drug-likeness (QED) is 0.858. The Labute approximate surface area is 110 Å². The standard InChI is InChI=1S/C13H12ClNOS/c14-11-2-1-3-12(8-11)17-9-13(16)10-4-6-15-7-5-10/h1-8,13,16H,9H2. The molecule has 0 aliphatic heterocycles. The van der Waals surface area contributed by atoms with Gasteiger partial charge in [0.2, 0.25) is 0 Å². The minimum atomic E-state index is -0.484. The first-order chi connectivity index (χ1) is 8.25. The first-order valence-corrected chi connectivity index (χ1v) is 6.58. The van der Waals surface area contributed by atoms with Crippen LogP contribution >= 0.6 is 23.4 Å². The molecule has 1 N–H and O–H groups in total. The average Bonchev–Trinajstić information content (AvgIpc) is 2.37. The van der Waals surface area contributed by atoms with E-state index >= 15 is 0 Å². The van der Waals surface area contributed by atoms with Gasteiger partial charge in [-0.3, -0.25) is 4.98 Å². The molecule has 2 aromatic rings. The molecule has 1 atom stereocenters. The van der Waals surface area contributed by atoms with Crippen LogP contribution in [0.5, 0.6) is 0 Å². The number of nitrogens with zero attached hydrogens (tertiary/aromatic N) is 1. The molecule has 1 heterocycles. The molecule has 17 heavy (non-hydrogen) atoms. The van der Waals surface area contributed by atoms with E-state index in [0.717, 1.165) is 10.5 Å². The van der Waals surface area contributed by atoms with Crippen molar-refractivity contribution in [2.75, 3.05) is 5.75 Å². The van der Waals surface area contributed by atoms with E-state index in [9.17, 15) is 5.11 Å². The van der Waals surface area contributed by atoms with Gasteiger partial charge in [0.15, 0.2) is 0 Å². The van der Waals surface area contributed by atoms with E-state index in [2.05, 4.69) is 4.98 Å². The van der Waals surface area contributed by atoms with Crippen molar-refractivity contribution in [2.24, 2.45) is 0 Å². The maximum Gasteiger partial charge on any atom is 0.0885 e. The van der Waals surface area contributed by atoms with E-state index in [-0.39, 0.29) is 0 Å². The highest BCUT2D eigenvalue weighted by atomic mass is 35.5. The van der Waals surface area contributed by atoms with Gasteiger partial charge >= 0.3 is 0 Å². The summed E-state index contributed by atoms with van der Waals surface area (Å²) in [6.45, 7) is 0. The number of halogens is 1. The molecule has 0 saturated heterocycles. The molecule has 0 spiro atoms. The predicted molar refractivity (Wildman–Crippen MR) is 71.4 cm³/mol. The number of pyridine rings is 1. The zero-order chi connectivity index (χ0) is 12.1. The second-order valence-electron chi connectivity index (χ2n) is 3.56. The van der Waals surface area contributed by atoms with Crippen molar-refractivity contribution in [2.45, 2.75) is 11.0 Å². The summed E-state index contributed by atoms with van der Waals surface area (Å²) in [5.74, 6) is 0.602. The molecule has 0 aliphatic carbocycles. The summed E-state index contributed by atoms with van der Waals surface area (Å²) in [7, 11) is 0. The van der Waals surface area contributed by atoms with E-state index in [1.54, 1.807) is 24.2 Å². The summed E-state index contributed by atoms with van der Waals surface area (Å²) in [5, 5.41) is 10.7. The third-order valence-corrected chi connectivity index (χ3v) is 3.60. The van der Waals surface area contributed by atoms with E-state index < -0.39 is 6.10 Å². The van der Waals surface area contributed by atoms with Gasteiger partial charge in [0.05, 0.1) is 6.10 Å². The minimum absolute atomic E-state index is 0.484. The minimum Gasteiger partial charge on any atom is -0.388 e. The maximum absolute atomic E-state index is 9.97. The zero-order valence-electron chi connectivity index (χ0n) is 9.08. The third kappa shape index (κ3) is 3.73. The largest absolute Gasteiger partial charge is 0.388 e. The van der Waals surface area contributed by atoms with Crippen LogP contribution in [0.4, 0.5) is 0 Å². The molecular formula is C13H12ClNOS. The first-order valence-electron chi connectivity index (χ1n) is 5.22. The Bertz CT molecular complexity index is 478. The van der Waals surface area contributed by atoms with Gasteiger partial charge in [-0.25, -0.2) is 0 Å². The molecule has 1 aromatic carbocycles. The molecule has 4 heteroatoms. The summed E-state index contributed by atoms with van der Waals surface area (Å²) >= 11 is 7.48. The van der Waals surface area contributed by atoms with Gasteiger partial charge in [0.25, 0.3) is 0 Å². The number of aliphatic hydroxyl groups is 1. The van der Waals surface area contributed by atoms with Gasteiger partial charge in [0, 0.05) is 28.1 Å². The zero-order valence-corrected chi connectivity index (χ0v) is 10.7. The normalized spacial score (nSPS) is 12.4. The summed E-state index contributed by atoms with van der Waals surface area (Å²) in [6, 6.07) is 11.3. The van der Waals surface area contributed by atoms with Gasteiger partial charge in [-0.1, -0.05) is 17.7 Å². The van der Waals surface area contributed by atoms with Crippen molar-refractivity contribution in [1.29, 1.82) is 0 Å². The number of aromatic nitrogens is 1. The fraction of sp³-hybridized carbons (Fsp3) is 0.154. The maximum atomic E-state index is 9.97. The van der Waals surface area contributed by atoms with Crippen LogP contribution in [0, 0.1) is 0 Å². The van der Waals surface area contributed by atoms with Crippen molar-refractivity contribution in [3.8, 4) is 0 Å².